The van der Waals surface area contributed by atoms with Crippen LogP contribution in [0.25, 0.3) is 10.9 Å². The summed E-state index contributed by atoms with van der Waals surface area (Å²) >= 11 is 0. The molecule has 0 aliphatic heterocycles. The van der Waals surface area contributed by atoms with Gasteiger partial charge in [0.15, 0.2) is 5.96 Å². The fourth-order valence-corrected chi connectivity index (χ4v) is 4.19. The van der Waals surface area contributed by atoms with Gasteiger partial charge in [0.25, 0.3) is 0 Å². The summed E-state index contributed by atoms with van der Waals surface area (Å²) in [5, 5.41) is 25.4. The fraction of sp³-hybridized carbons (Fsp3) is 0.333. The molecule has 1 aromatic heterocycles. The Morgan fingerprint density at radius 1 is 0.923 bits per heavy atom. The Hall–Kier alpha value is -4.58. The number of aliphatic carboxylic acids is 1. The maximum absolute atomic E-state index is 13.2. The van der Waals surface area contributed by atoms with E-state index in [1.54, 1.807) is 18.3 Å². The average molecular weight is 538 g/mol. The predicted molar refractivity (Wildman–Crippen MR) is 148 cm³/mol. The monoisotopic (exact) mass is 537 g/mol. The van der Waals surface area contributed by atoms with Crippen molar-refractivity contribution in [3.05, 3.63) is 65.9 Å². The van der Waals surface area contributed by atoms with Crippen LogP contribution in [0.1, 0.15) is 30.4 Å². The van der Waals surface area contributed by atoms with Crippen LogP contribution < -0.4 is 27.8 Å². The van der Waals surface area contributed by atoms with Gasteiger partial charge >= 0.3 is 5.97 Å². The SMILES string of the molecule is NC(N)=NCCCC[C@H](NC(=O)[C@@H](N)Cc1ccc(O)cc1)C(=O)N[C@@H](Cc1c[nH]c2ccccc12)C(=O)O. The first kappa shape index (κ1) is 29.0. The van der Waals surface area contributed by atoms with Crippen molar-refractivity contribution in [3.63, 3.8) is 0 Å². The second-order valence-corrected chi connectivity index (χ2v) is 9.30. The highest BCUT2D eigenvalue weighted by Gasteiger charge is 2.28. The zero-order chi connectivity index (χ0) is 28.4. The van der Waals surface area contributed by atoms with Crippen molar-refractivity contribution in [2.45, 2.75) is 50.2 Å². The Bertz CT molecular complexity index is 1300. The van der Waals surface area contributed by atoms with Crippen LogP contribution in [0.4, 0.5) is 0 Å². The van der Waals surface area contributed by atoms with Crippen LogP contribution >= 0.6 is 0 Å². The van der Waals surface area contributed by atoms with E-state index in [-0.39, 0.29) is 31.0 Å². The first-order valence-electron chi connectivity index (χ1n) is 12.6. The molecule has 0 bridgehead atoms. The molecule has 11 N–H and O–H groups in total. The molecule has 0 saturated heterocycles. The van der Waals surface area contributed by atoms with Crippen LogP contribution in [0.3, 0.4) is 0 Å². The third-order valence-electron chi connectivity index (χ3n) is 6.27. The summed E-state index contributed by atoms with van der Waals surface area (Å²) in [5.41, 5.74) is 19.1. The molecule has 0 fully saturated rings. The number of amides is 2. The van der Waals surface area contributed by atoms with Gasteiger partial charge in [0, 0.05) is 30.1 Å². The van der Waals surface area contributed by atoms with Crippen LogP contribution in [-0.2, 0) is 27.2 Å². The van der Waals surface area contributed by atoms with Gasteiger partial charge in [0.05, 0.1) is 6.04 Å². The van der Waals surface area contributed by atoms with E-state index >= 15 is 0 Å². The molecule has 2 aromatic carbocycles. The second kappa shape index (κ2) is 13.8. The number of hydrogen-bond donors (Lipinski definition) is 8. The number of aromatic amines is 1. The third kappa shape index (κ3) is 8.75. The predicted octanol–water partition coefficient (Wildman–Crippen LogP) is 0.484. The number of hydrogen-bond acceptors (Lipinski definition) is 6. The van der Waals surface area contributed by atoms with Crippen LogP contribution in [-0.4, -0.2) is 63.6 Å². The lowest BCUT2D eigenvalue weighted by atomic mass is 10.0. The molecule has 3 rings (SSSR count). The number of carboxylic acids is 1. The summed E-state index contributed by atoms with van der Waals surface area (Å²) in [6, 6.07) is 10.5. The number of carbonyl (C=O) groups excluding carboxylic acids is 2. The van der Waals surface area contributed by atoms with Gasteiger partial charge in [-0.25, -0.2) is 4.79 Å². The van der Waals surface area contributed by atoms with E-state index in [2.05, 4.69) is 20.6 Å². The number of rotatable bonds is 14. The Kier molecular flexibility index (Phi) is 10.3. The number of nitrogens with two attached hydrogens (primary N) is 3. The van der Waals surface area contributed by atoms with Crippen molar-refractivity contribution in [1.82, 2.24) is 15.6 Å². The summed E-state index contributed by atoms with van der Waals surface area (Å²) in [5.74, 6) is -2.34. The Balaban J connectivity index is 1.69. The van der Waals surface area contributed by atoms with Gasteiger partial charge in [-0.3, -0.25) is 14.6 Å². The number of para-hydroxylation sites is 1. The molecule has 1 heterocycles. The lowest BCUT2D eigenvalue weighted by Crippen LogP contribution is -2.55. The molecule has 0 unspecified atom stereocenters. The Labute approximate surface area is 225 Å². The quantitative estimate of drug-likeness (QED) is 0.0818. The first-order valence-corrected chi connectivity index (χ1v) is 12.6. The molecular weight excluding hydrogens is 502 g/mol. The van der Waals surface area contributed by atoms with Crippen LogP contribution in [0, 0.1) is 0 Å². The molecule has 0 spiro atoms. The molecule has 12 nitrogen and oxygen atoms in total. The number of aliphatic imine (C=N–C) groups is 1. The Morgan fingerprint density at radius 2 is 1.62 bits per heavy atom. The number of phenols is 1. The third-order valence-corrected chi connectivity index (χ3v) is 6.27. The minimum absolute atomic E-state index is 0.0422. The fourth-order valence-electron chi connectivity index (χ4n) is 4.19. The van der Waals surface area contributed by atoms with Crippen molar-refractivity contribution in [3.8, 4) is 5.75 Å². The molecular formula is C27H35N7O5. The highest BCUT2D eigenvalue weighted by atomic mass is 16.4. The number of H-pyrrole nitrogens is 1. The van der Waals surface area contributed by atoms with E-state index in [9.17, 15) is 24.6 Å². The molecule has 3 atom stereocenters. The number of phenolic OH excluding ortho intramolecular Hbond substituents is 1. The van der Waals surface area contributed by atoms with E-state index in [1.807, 2.05) is 24.3 Å². The number of fused-ring (bicyclic) bond motifs is 1. The number of aromatic nitrogens is 1. The van der Waals surface area contributed by atoms with E-state index in [1.165, 1.54) is 12.1 Å². The number of benzene rings is 2. The molecule has 0 aliphatic rings. The van der Waals surface area contributed by atoms with Crippen molar-refractivity contribution in [1.29, 1.82) is 0 Å². The molecule has 0 saturated carbocycles. The molecule has 12 heteroatoms. The van der Waals surface area contributed by atoms with Gasteiger partial charge < -0.3 is 43.0 Å². The second-order valence-electron chi connectivity index (χ2n) is 9.30. The molecule has 208 valence electrons. The summed E-state index contributed by atoms with van der Waals surface area (Å²) < 4.78 is 0. The number of carboxylic acid groups (broad SMARTS) is 1. The smallest absolute Gasteiger partial charge is 0.326 e. The molecule has 0 aliphatic carbocycles. The van der Waals surface area contributed by atoms with E-state index in [0.29, 0.717) is 19.4 Å². The maximum Gasteiger partial charge on any atom is 0.326 e. The standard InChI is InChI=1S/C27H35N7O5/c28-20(13-16-8-10-18(35)11-9-16)24(36)33-22(7-3-4-12-31-27(29)30)25(37)34-23(26(38)39)14-17-15-32-21-6-2-1-5-19(17)21/h1-2,5-6,8-11,15,20,22-23,32,35H,3-4,7,12-14,28H2,(H,33,36)(H,34,37)(H,38,39)(H4,29,30,31)/t20-,22-,23-/m0/s1. The first-order chi connectivity index (χ1) is 18.6. The van der Waals surface area contributed by atoms with Gasteiger partial charge in [0.2, 0.25) is 11.8 Å². The molecule has 0 radical (unpaired) electrons. The summed E-state index contributed by atoms with van der Waals surface area (Å²) in [6.45, 7) is 0.350. The van der Waals surface area contributed by atoms with Crippen LogP contribution in [0.15, 0.2) is 59.7 Å². The van der Waals surface area contributed by atoms with Crippen molar-refractivity contribution < 1.29 is 24.6 Å². The number of nitrogens with zero attached hydrogens (tertiary/aromatic N) is 1. The zero-order valence-corrected chi connectivity index (χ0v) is 21.5. The van der Waals surface area contributed by atoms with Gasteiger partial charge in [-0.15, -0.1) is 0 Å². The average Bonchev–Trinajstić information content (AvgIpc) is 3.31. The van der Waals surface area contributed by atoms with Crippen molar-refractivity contribution >= 4 is 34.6 Å². The summed E-state index contributed by atoms with van der Waals surface area (Å²) in [4.78, 5) is 45.2. The number of carbonyl (C=O) groups is 3. The van der Waals surface area contributed by atoms with Crippen molar-refractivity contribution in [2.24, 2.45) is 22.2 Å². The number of unbranched alkanes of at least 4 members (excludes halogenated alkanes) is 1. The minimum Gasteiger partial charge on any atom is -0.508 e. The number of guanidine groups is 1. The highest BCUT2D eigenvalue weighted by Crippen LogP contribution is 2.19. The van der Waals surface area contributed by atoms with Crippen molar-refractivity contribution in [2.75, 3.05) is 6.54 Å². The van der Waals surface area contributed by atoms with E-state index in [4.69, 9.17) is 17.2 Å². The van der Waals surface area contributed by atoms with Crippen LogP contribution in [0.2, 0.25) is 0 Å². The minimum atomic E-state index is -1.22. The van der Waals surface area contributed by atoms with Crippen LogP contribution in [0.5, 0.6) is 5.75 Å². The summed E-state index contributed by atoms with van der Waals surface area (Å²) in [7, 11) is 0. The molecule has 39 heavy (non-hydrogen) atoms. The topological polar surface area (TPSA) is 222 Å². The normalized spacial score (nSPS) is 13.3. The lowest BCUT2D eigenvalue weighted by Gasteiger charge is -2.23. The van der Waals surface area contributed by atoms with Gasteiger partial charge in [-0.05, 0) is 55.0 Å². The van der Waals surface area contributed by atoms with Gasteiger partial charge in [-0.2, -0.15) is 0 Å². The number of nitrogens with one attached hydrogen (secondary N) is 3. The molecule has 2 amide bonds. The highest BCUT2D eigenvalue weighted by molar-refractivity contribution is 5.92. The largest absolute Gasteiger partial charge is 0.508 e. The molecule has 3 aromatic rings. The van der Waals surface area contributed by atoms with E-state index < -0.39 is 35.9 Å². The van der Waals surface area contributed by atoms with Gasteiger partial charge in [0.1, 0.15) is 17.8 Å². The summed E-state index contributed by atoms with van der Waals surface area (Å²) in [6.07, 6.45) is 3.22. The lowest BCUT2D eigenvalue weighted by molar-refractivity contribution is -0.142. The number of aromatic hydroxyl groups is 1. The van der Waals surface area contributed by atoms with E-state index in [0.717, 1.165) is 22.0 Å². The Morgan fingerprint density at radius 3 is 2.31 bits per heavy atom. The zero-order valence-electron chi connectivity index (χ0n) is 21.5. The maximum atomic E-state index is 13.2. The van der Waals surface area contributed by atoms with Gasteiger partial charge in [-0.1, -0.05) is 30.3 Å².